The van der Waals surface area contributed by atoms with Gasteiger partial charge in [0.05, 0.1) is 5.56 Å². The predicted octanol–water partition coefficient (Wildman–Crippen LogP) is 3.69. The van der Waals surface area contributed by atoms with Gasteiger partial charge in [-0.25, -0.2) is 0 Å². The van der Waals surface area contributed by atoms with Crippen LogP contribution >= 0.6 is 11.3 Å². The van der Waals surface area contributed by atoms with Crippen molar-refractivity contribution in [3.05, 3.63) is 52.2 Å². The van der Waals surface area contributed by atoms with Crippen LogP contribution in [0.25, 0.3) is 5.00 Å². The lowest BCUT2D eigenvalue weighted by Crippen LogP contribution is -2.24. The summed E-state index contributed by atoms with van der Waals surface area (Å²) in [6.07, 6.45) is 1.69. The van der Waals surface area contributed by atoms with Crippen LogP contribution in [0.4, 0.5) is 0 Å². The van der Waals surface area contributed by atoms with Gasteiger partial charge in [0, 0.05) is 22.8 Å². The predicted molar refractivity (Wildman–Crippen MR) is 85.1 cm³/mol. The number of hydrogen-bond acceptors (Lipinski definition) is 2. The molecule has 0 aliphatic carbocycles. The molecule has 106 valence electrons. The highest BCUT2D eigenvalue weighted by atomic mass is 32.1. The molecule has 0 spiro atoms. The normalized spacial score (nSPS) is 10.6. The Morgan fingerprint density at radius 3 is 2.45 bits per heavy atom. The van der Waals surface area contributed by atoms with Crippen LogP contribution in [-0.2, 0) is 0 Å². The quantitative estimate of drug-likeness (QED) is 0.855. The van der Waals surface area contributed by atoms with Crippen LogP contribution in [0, 0.1) is 27.7 Å². The Morgan fingerprint density at radius 2 is 1.90 bits per heavy atom. The number of nitrogens with zero attached hydrogens (tertiary/aromatic N) is 1. The summed E-state index contributed by atoms with van der Waals surface area (Å²) >= 11 is 1.67. The minimum absolute atomic E-state index is 0.0331. The lowest BCUT2D eigenvalue weighted by Gasteiger charge is -2.11. The van der Waals surface area contributed by atoms with Gasteiger partial charge in [-0.3, -0.25) is 4.79 Å². The van der Waals surface area contributed by atoms with E-state index in [1.807, 2.05) is 6.92 Å². The average Bonchev–Trinajstić information content (AvgIpc) is 2.88. The molecule has 0 aliphatic heterocycles. The molecule has 20 heavy (non-hydrogen) atoms. The standard InChI is InChI=1S/C16H20N2OS/c1-6-9-17-15(19)14-12(4)13(5)20-16(14)18-10(2)7-8-11(18)3/h6-8H,1,9H2,2-5H3,(H,17,19). The first-order valence-corrected chi connectivity index (χ1v) is 7.43. The highest BCUT2D eigenvalue weighted by Crippen LogP contribution is 2.32. The Kier molecular flexibility index (Phi) is 4.14. The molecular weight excluding hydrogens is 268 g/mol. The maximum Gasteiger partial charge on any atom is 0.254 e. The van der Waals surface area contributed by atoms with Crippen molar-refractivity contribution in [1.82, 2.24) is 9.88 Å². The Hall–Kier alpha value is -1.81. The summed E-state index contributed by atoms with van der Waals surface area (Å²) < 4.78 is 2.15. The maximum atomic E-state index is 12.4. The molecule has 2 aromatic rings. The second-order valence-electron chi connectivity index (χ2n) is 4.91. The highest BCUT2D eigenvalue weighted by Gasteiger charge is 2.21. The SMILES string of the molecule is C=CCNC(=O)c1c(-n2c(C)ccc2C)sc(C)c1C. The monoisotopic (exact) mass is 288 g/mol. The van der Waals surface area contributed by atoms with Gasteiger partial charge in [0.15, 0.2) is 0 Å². The van der Waals surface area contributed by atoms with E-state index in [-0.39, 0.29) is 5.91 Å². The largest absolute Gasteiger partial charge is 0.348 e. The molecular formula is C16H20N2OS. The lowest BCUT2D eigenvalue weighted by atomic mass is 10.1. The van der Waals surface area contributed by atoms with E-state index in [2.05, 4.69) is 49.4 Å². The summed E-state index contributed by atoms with van der Waals surface area (Å²) in [5, 5.41) is 3.88. The molecule has 1 N–H and O–H groups in total. The molecule has 0 saturated heterocycles. The first kappa shape index (κ1) is 14.6. The van der Waals surface area contributed by atoms with Gasteiger partial charge >= 0.3 is 0 Å². The van der Waals surface area contributed by atoms with Gasteiger partial charge in [0.1, 0.15) is 5.00 Å². The Bertz CT molecular complexity index is 645. The molecule has 3 nitrogen and oxygen atoms in total. The molecule has 1 amide bonds. The van der Waals surface area contributed by atoms with E-state index in [9.17, 15) is 4.79 Å². The van der Waals surface area contributed by atoms with Crippen LogP contribution in [0.3, 0.4) is 0 Å². The van der Waals surface area contributed by atoms with Gasteiger partial charge in [-0.15, -0.1) is 17.9 Å². The number of carbonyl (C=O) groups excluding carboxylic acids is 1. The van der Waals surface area contributed by atoms with Crippen molar-refractivity contribution in [2.45, 2.75) is 27.7 Å². The number of amides is 1. The van der Waals surface area contributed by atoms with E-state index in [1.54, 1.807) is 17.4 Å². The van der Waals surface area contributed by atoms with Gasteiger partial charge in [-0.2, -0.15) is 0 Å². The minimum Gasteiger partial charge on any atom is -0.348 e. The third kappa shape index (κ3) is 2.43. The zero-order valence-electron chi connectivity index (χ0n) is 12.4. The molecule has 4 heteroatoms. The molecule has 0 saturated carbocycles. The minimum atomic E-state index is -0.0331. The second kappa shape index (κ2) is 5.67. The Morgan fingerprint density at radius 1 is 1.30 bits per heavy atom. The van der Waals surface area contributed by atoms with E-state index in [0.29, 0.717) is 6.54 Å². The summed E-state index contributed by atoms with van der Waals surface area (Å²) in [6.45, 7) is 12.3. The number of nitrogens with one attached hydrogen (secondary N) is 1. The molecule has 0 atom stereocenters. The van der Waals surface area contributed by atoms with Crippen LogP contribution in [0.1, 0.15) is 32.2 Å². The smallest absolute Gasteiger partial charge is 0.254 e. The molecule has 0 fully saturated rings. The molecule has 2 heterocycles. The fourth-order valence-corrected chi connectivity index (χ4v) is 3.55. The number of aryl methyl sites for hydroxylation is 3. The van der Waals surface area contributed by atoms with Crippen molar-refractivity contribution in [2.75, 3.05) is 6.54 Å². The van der Waals surface area contributed by atoms with Crippen LogP contribution in [-0.4, -0.2) is 17.0 Å². The van der Waals surface area contributed by atoms with Crippen molar-refractivity contribution in [3.8, 4) is 5.00 Å². The summed E-state index contributed by atoms with van der Waals surface area (Å²) in [5.74, 6) is -0.0331. The van der Waals surface area contributed by atoms with E-state index in [1.165, 1.54) is 4.88 Å². The summed E-state index contributed by atoms with van der Waals surface area (Å²) in [5.41, 5.74) is 4.11. The molecule has 0 aromatic carbocycles. The van der Waals surface area contributed by atoms with Crippen LogP contribution in [0.5, 0.6) is 0 Å². The molecule has 2 aromatic heterocycles. The Balaban J connectivity index is 2.57. The van der Waals surface area contributed by atoms with Crippen molar-refractivity contribution in [1.29, 1.82) is 0 Å². The number of carbonyl (C=O) groups is 1. The van der Waals surface area contributed by atoms with Gasteiger partial charge < -0.3 is 9.88 Å². The molecule has 2 rings (SSSR count). The highest BCUT2D eigenvalue weighted by molar-refractivity contribution is 7.15. The number of aromatic nitrogens is 1. The maximum absolute atomic E-state index is 12.4. The lowest BCUT2D eigenvalue weighted by molar-refractivity contribution is 0.0958. The van der Waals surface area contributed by atoms with Gasteiger partial charge in [0.25, 0.3) is 5.91 Å². The zero-order chi connectivity index (χ0) is 14.9. The average molecular weight is 288 g/mol. The van der Waals surface area contributed by atoms with Crippen molar-refractivity contribution < 1.29 is 4.79 Å². The van der Waals surface area contributed by atoms with E-state index >= 15 is 0 Å². The molecule has 0 unspecified atom stereocenters. The number of hydrogen-bond donors (Lipinski definition) is 1. The van der Waals surface area contributed by atoms with Crippen molar-refractivity contribution in [3.63, 3.8) is 0 Å². The third-order valence-electron chi connectivity index (χ3n) is 3.47. The van der Waals surface area contributed by atoms with Gasteiger partial charge in [-0.05, 0) is 45.4 Å². The molecule has 0 bridgehead atoms. The van der Waals surface area contributed by atoms with Crippen LogP contribution < -0.4 is 5.32 Å². The van der Waals surface area contributed by atoms with Gasteiger partial charge in [0.2, 0.25) is 0 Å². The van der Waals surface area contributed by atoms with E-state index in [4.69, 9.17) is 0 Å². The van der Waals surface area contributed by atoms with Crippen molar-refractivity contribution in [2.24, 2.45) is 0 Å². The summed E-state index contributed by atoms with van der Waals surface area (Å²) in [6, 6.07) is 4.15. The molecule has 0 aliphatic rings. The fourth-order valence-electron chi connectivity index (χ4n) is 2.28. The number of rotatable bonds is 4. The molecule has 0 radical (unpaired) electrons. The fraction of sp³-hybridized carbons (Fsp3) is 0.312. The van der Waals surface area contributed by atoms with E-state index < -0.39 is 0 Å². The summed E-state index contributed by atoms with van der Waals surface area (Å²) in [4.78, 5) is 13.6. The first-order valence-electron chi connectivity index (χ1n) is 6.61. The van der Waals surface area contributed by atoms with Crippen molar-refractivity contribution >= 4 is 17.2 Å². The topological polar surface area (TPSA) is 34.0 Å². The zero-order valence-corrected chi connectivity index (χ0v) is 13.2. The van der Waals surface area contributed by atoms with Gasteiger partial charge in [-0.1, -0.05) is 6.08 Å². The number of thiophene rings is 1. The first-order chi connectivity index (χ1) is 9.47. The summed E-state index contributed by atoms with van der Waals surface area (Å²) in [7, 11) is 0. The second-order valence-corrected chi connectivity index (χ2v) is 6.12. The Labute approximate surface area is 123 Å². The third-order valence-corrected chi connectivity index (χ3v) is 4.67. The van der Waals surface area contributed by atoms with Crippen LogP contribution in [0.2, 0.25) is 0 Å². The van der Waals surface area contributed by atoms with E-state index in [0.717, 1.165) is 27.5 Å². The van der Waals surface area contributed by atoms with Crippen LogP contribution in [0.15, 0.2) is 24.8 Å².